The van der Waals surface area contributed by atoms with Crippen LogP contribution in [0.1, 0.15) is 65.4 Å². The fourth-order valence-corrected chi connectivity index (χ4v) is 3.85. The molecule has 1 aliphatic rings. The Labute approximate surface area is 220 Å². The molecule has 0 aromatic heterocycles. The van der Waals surface area contributed by atoms with Crippen LogP contribution in [0.25, 0.3) is 6.08 Å². The summed E-state index contributed by atoms with van der Waals surface area (Å²) in [7, 11) is 0. The monoisotopic (exact) mass is 502 g/mol. The Balaban J connectivity index is 1.88. The molecule has 0 heterocycles. The van der Waals surface area contributed by atoms with Crippen LogP contribution in [0.4, 0.5) is 5.69 Å². The summed E-state index contributed by atoms with van der Waals surface area (Å²) in [6, 6.07) is 7.53. The number of carbonyl (C=O) groups is 3. The average molecular weight is 503 g/mol. The van der Waals surface area contributed by atoms with E-state index in [0.29, 0.717) is 17.2 Å². The van der Waals surface area contributed by atoms with Crippen LogP contribution in [0.5, 0.6) is 0 Å². The average Bonchev–Trinajstić information content (AvgIpc) is 3.17. The van der Waals surface area contributed by atoms with Gasteiger partial charge in [0, 0.05) is 30.2 Å². The second kappa shape index (κ2) is 15.2. The minimum Gasteiger partial charge on any atom is -0.510 e. The number of Topliss-reactive ketones (excluding diaryl/α,β-unsaturated/α-hetero) is 1. The fourth-order valence-electron chi connectivity index (χ4n) is 3.85. The second-order valence-electron chi connectivity index (χ2n) is 9.27. The first-order valence-corrected chi connectivity index (χ1v) is 12.8. The van der Waals surface area contributed by atoms with Gasteiger partial charge < -0.3 is 15.7 Å². The van der Waals surface area contributed by atoms with E-state index in [4.69, 9.17) is 0 Å². The van der Waals surface area contributed by atoms with Gasteiger partial charge in [-0.2, -0.15) is 0 Å². The van der Waals surface area contributed by atoms with Crippen LogP contribution in [0.3, 0.4) is 0 Å². The molecule has 0 saturated heterocycles. The van der Waals surface area contributed by atoms with Gasteiger partial charge in [-0.15, -0.1) is 0 Å². The first-order chi connectivity index (χ1) is 17.7. The molecule has 0 spiro atoms. The molecule has 0 radical (unpaired) electrons. The number of allylic oxidation sites excluding steroid dienone is 9. The van der Waals surface area contributed by atoms with Crippen molar-refractivity contribution in [3.05, 3.63) is 95.0 Å². The zero-order valence-corrected chi connectivity index (χ0v) is 22.2. The number of aliphatic hydroxyl groups is 1. The van der Waals surface area contributed by atoms with Crippen molar-refractivity contribution < 1.29 is 19.5 Å². The van der Waals surface area contributed by atoms with Crippen molar-refractivity contribution in [1.29, 1.82) is 0 Å². The number of ketones is 1. The van der Waals surface area contributed by atoms with Gasteiger partial charge in [-0.05, 0) is 43.9 Å². The summed E-state index contributed by atoms with van der Waals surface area (Å²) in [4.78, 5) is 36.1. The van der Waals surface area contributed by atoms with Gasteiger partial charge in [-0.3, -0.25) is 14.4 Å². The van der Waals surface area contributed by atoms with E-state index in [0.717, 1.165) is 17.6 Å². The quantitative estimate of drug-likeness (QED) is 0.218. The number of hydrogen-bond acceptors (Lipinski definition) is 4. The van der Waals surface area contributed by atoms with Gasteiger partial charge in [0.25, 0.3) is 5.91 Å². The molecule has 0 bridgehead atoms. The lowest BCUT2D eigenvalue weighted by Gasteiger charge is -2.08. The van der Waals surface area contributed by atoms with E-state index in [1.807, 2.05) is 56.3 Å². The lowest BCUT2D eigenvalue weighted by molar-refractivity contribution is -0.119. The van der Waals surface area contributed by atoms with Crippen molar-refractivity contribution in [2.45, 2.75) is 59.8 Å². The summed E-state index contributed by atoms with van der Waals surface area (Å²) >= 11 is 0. The van der Waals surface area contributed by atoms with Crippen LogP contribution in [-0.4, -0.2) is 22.7 Å². The number of amides is 2. The third-order valence-electron chi connectivity index (χ3n) is 5.78. The van der Waals surface area contributed by atoms with E-state index in [2.05, 4.69) is 30.6 Å². The van der Waals surface area contributed by atoms with Crippen molar-refractivity contribution in [2.24, 2.45) is 5.92 Å². The zero-order valence-electron chi connectivity index (χ0n) is 22.2. The molecule has 0 aliphatic heterocycles. The van der Waals surface area contributed by atoms with Crippen molar-refractivity contribution in [3.63, 3.8) is 0 Å². The highest BCUT2D eigenvalue weighted by molar-refractivity contribution is 6.04. The Morgan fingerprint density at radius 3 is 2.54 bits per heavy atom. The smallest absolute Gasteiger partial charge is 0.251 e. The molecule has 1 aromatic carbocycles. The maximum Gasteiger partial charge on any atom is 0.251 e. The van der Waals surface area contributed by atoms with Gasteiger partial charge in [-0.1, -0.05) is 86.9 Å². The van der Waals surface area contributed by atoms with Gasteiger partial charge in [0.2, 0.25) is 5.91 Å². The van der Waals surface area contributed by atoms with Gasteiger partial charge >= 0.3 is 0 Å². The first-order valence-electron chi connectivity index (χ1n) is 12.8. The molecule has 3 N–H and O–H groups in total. The van der Waals surface area contributed by atoms with Crippen LogP contribution in [0, 0.1) is 5.92 Å². The summed E-state index contributed by atoms with van der Waals surface area (Å²) in [5, 5.41) is 15.0. The second-order valence-corrected chi connectivity index (χ2v) is 9.27. The molecular formula is C31H38N2O4. The molecule has 6 nitrogen and oxygen atoms in total. The third-order valence-corrected chi connectivity index (χ3v) is 5.78. The van der Waals surface area contributed by atoms with E-state index < -0.39 is 5.91 Å². The minimum atomic E-state index is -0.477. The highest BCUT2D eigenvalue weighted by Crippen LogP contribution is 2.18. The summed E-state index contributed by atoms with van der Waals surface area (Å²) in [5.74, 6) is -0.459. The molecule has 0 unspecified atom stereocenters. The Morgan fingerprint density at radius 2 is 1.84 bits per heavy atom. The van der Waals surface area contributed by atoms with Crippen LogP contribution < -0.4 is 10.6 Å². The number of carbonyl (C=O) groups excluding carboxylic acids is 3. The molecule has 37 heavy (non-hydrogen) atoms. The lowest BCUT2D eigenvalue weighted by atomic mass is 10.0. The normalized spacial score (nSPS) is 15.8. The van der Waals surface area contributed by atoms with E-state index >= 15 is 0 Å². The Kier molecular flexibility index (Phi) is 12.1. The standard InChI is InChI=1S/C31H38N2O4/c1-5-6-12-22(2)19-23(3)20-24(4)31(37)32-26-15-11-14-25(21-26)13-9-7-8-10-16-29(36)33-30-27(34)17-18-28(30)35/h7-11,13-16,19-22,34H,5-6,12,17-18H2,1-4H3,(H,32,37)(H,33,36)/b8-7+,13-9+,16-10+,23-19+,24-20+/t22-/m1/s1. The molecule has 6 heteroatoms. The molecule has 0 saturated carbocycles. The maximum atomic E-state index is 12.6. The molecule has 1 aromatic rings. The Bertz CT molecular complexity index is 1170. The van der Waals surface area contributed by atoms with Gasteiger partial charge in [-0.25, -0.2) is 0 Å². The largest absolute Gasteiger partial charge is 0.510 e. The van der Waals surface area contributed by atoms with E-state index in [1.165, 1.54) is 18.9 Å². The van der Waals surface area contributed by atoms with Crippen LogP contribution >= 0.6 is 0 Å². The topological polar surface area (TPSA) is 95.5 Å². The predicted molar refractivity (Wildman–Crippen MR) is 151 cm³/mol. The fraction of sp³-hybridized carbons (Fsp3) is 0.323. The van der Waals surface area contributed by atoms with E-state index in [1.54, 1.807) is 18.2 Å². The lowest BCUT2D eigenvalue weighted by Crippen LogP contribution is -2.24. The van der Waals surface area contributed by atoms with Gasteiger partial charge in [0.05, 0.1) is 0 Å². The SMILES string of the molecule is CCCC[C@@H](C)/C=C(C)/C=C(\C)C(=O)Nc1cccc(/C=C/C=C/C=C/C(=O)NC2=C(O)CCC2=O)c1. The molecular weight excluding hydrogens is 464 g/mol. The first kappa shape index (κ1) is 29.3. The Morgan fingerprint density at radius 1 is 1.08 bits per heavy atom. The van der Waals surface area contributed by atoms with Gasteiger partial charge in [0.15, 0.2) is 5.78 Å². The van der Waals surface area contributed by atoms with Crippen molar-refractivity contribution in [3.8, 4) is 0 Å². The van der Waals surface area contributed by atoms with E-state index in [-0.39, 0.29) is 36.0 Å². The Hall–Kier alpha value is -3.93. The summed E-state index contributed by atoms with van der Waals surface area (Å²) in [6.45, 7) is 8.24. The number of rotatable bonds is 12. The molecule has 2 rings (SSSR count). The third kappa shape index (κ3) is 10.7. The minimum absolute atomic E-state index is 0.0141. The van der Waals surface area contributed by atoms with Gasteiger partial charge in [0.1, 0.15) is 11.5 Å². The number of anilines is 1. The number of aliphatic hydroxyl groups excluding tert-OH is 1. The highest BCUT2D eigenvalue weighted by atomic mass is 16.3. The van der Waals surface area contributed by atoms with Crippen molar-refractivity contribution in [2.75, 3.05) is 5.32 Å². The van der Waals surface area contributed by atoms with Crippen LogP contribution in [0.2, 0.25) is 0 Å². The molecule has 196 valence electrons. The van der Waals surface area contributed by atoms with E-state index in [9.17, 15) is 19.5 Å². The van der Waals surface area contributed by atoms with Crippen LogP contribution in [0.15, 0.2) is 89.4 Å². The molecule has 0 fully saturated rings. The summed E-state index contributed by atoms with van der Waals surface area (Å²) in [6.07, 6.45) is 18.1. The molecule has 1 aliphatic carbocycles. The maximum absolute atomic E-state index is 12.6. The number of unbranched alkanes of at least 4 members (excludes halogenated alkanes) is 1. The number of hydrogen-bond donors (Lipinski definition) is 3. The predicted octanol–water partition coefficient (Wildman–Crippen LogP) is 6.72. The number of benzene rings is 1. The zero-order chi connectivity index (χ0) is 27.2. The molecule has 1 atom stereocenters. The van der Waals surface area contributed by atoms with Crippen molar-refractivity contribution >= 4 is 29.4 Å². The van der Waals surface area contributed by atoms with Crippen LogP contribution in [-0.2, 0) is 14.4 Å². The number of nitrogens with one attached hydrogen (secondary N) is 2. The van der Waals surface area contributed by atoms with Crippen molar-refractivity contribution in [1.82, 2.24) is 5.32 Å². The summed E-state index contributed by atoms with van der Waals surface area (Å²) < 4.78 is 0. The molecule has 2 amide bonds. The summed E-state index contributed by atoms with van der Waals surface area (Å²) in [5.41, 5.74) is 3.35. The highest BCUT2D eigenvalue weighted by Gasteiger charge is 2.23.